The summed E-state index contributed by atoms with van der Waals surface area (Å²) in [6, 6.07) is 5.69. The Labute approximate surface area is 130 Å². The van der Waals surface area contributed by atoms with Gasteiger partial charge in [0, 0.05) is 12.1 Å². The monoisotopic (exact) mass is 312 g/mol. The number of fused-ring (bicyclic) bond motifs is 1. The van der Waals surface area contributed by atoms with Crippen molar-refractivity contribution in [1.82, 2.24) is 5.32 Å². The second kappa shape index (κ2) is 6.54. The molecular weight excluding hydrogens is 292 g/mol. The Bertz CT molecular complexity index is 516. The van der Waals surface area contributed by atoms with Crippen LogP contribution in [0.25, 0.3) is 0 Å². The van der Waals surface area contributed by atoms with Crippen LogP contribution in [0.4, 0.5) is 0 Å². The van der Waals surface area contributed by atoms with Crippen LogP contribution in [-0.2, 0) is 11.3 Å². The van der Waals surface area contributed by atoms with E-state index < -0.39 is 5.54 Å². The van der Waals surface area contributed by atoms with Gasteiger partial charge in [-0.05, 0) is 18.9 Å². The maximum atomic E-state index is 12.3. The van der Waals surface area contributed by atoms with E-state index in [1.807, 2.05) is 18.2 Å². The third kappa shape index (κ3) is 3.24. The van der Waals surface area contributed by atoms with E-state index in [4.69, 9.17) is 15.2 Å². The van der Waals surface area contributed by atoms with E-state index in [0.29, 0.717) is 6.54 Å². The highest BCUT2D eigenvalue weighted by Gasteiger charge is 2.35. The highest BCUT2D eigenvalue weighted by molar-refractivity contribution is 5.86. The quantitative estimate of drug-likeness (QED) is 0.896. The number of hydrogen-bond donors (Lipinski definition) is 2. The predicted molar refractivity (Wildman–Crippen MR) is 81.7 cm³/mol. The van der Waals surface area contributed by atoms with Crippen LogP contribution in [0.1, 0.15) is 37.7 Å². The molecule has 1 aromatic rings. The number of para-hydroxylation sites is 1. The molecule has 1 amide bonds. The molecule has 0 atom stereocenters. The van der Waals surface area contributed by atoms with Crippen molar-refractivity contribution in [3.8, 4) is 11.5 Å². The molecule has 21 heavy (non-hydrogen) atoms. The molecule has 5 nitrogen and oxygen atoms in total. The van der Waals surface area contributed by atoms with Crippen LogP contribution >= 0.6 is 12.4 Å². The Morgan fingerprint density at radius 1 is 1.24 bits per heavy atom. The first-order chi connectivity index (χ1) is 9.69. The Hall–Kier alpha value is -1.46. The van der Waals surface area contributed by atoms with Gasteiger partial charge in [-0.25, -0.2) is 0 Å². The molecule has 0 bridgehead atoms. The van der Waals surface area contributed by atoms with Crippen molar-refractivity contribution in [2.45, 2.75) is 44.2 Å². The molecule has 116 valence electrons. The fourth-order valence-corrected chi connectivity index (χ4v) is 2.89. The molecule has 3 rings (SSSR count). The summed E-state index contributed by atoms with van der Waals surface area (Å²) in [6.45, 7) is 0.658. The van der Waals surface area contributed by atoms with E-state index in [0.717, 1.165) is 42.7 Å². The van der Waals surface area contributed by atoms with Gasteiger partial charge in [0.05, 0.1) is 5.54 Å². The van der Waals surface area contributed by atoms with E-state index in [2.05, 4.69) is 5.32 Å². The second-order valence-corrected chi connectivity index (χ2v) is 5.55. The lowest BCUT2D eigenvalue weighted by Crippen LogP contribution is -2.54. The summed E-state index contributed by atoms with van der Waals surface area (Å²) in [5.41, 5.74) is 6.43. The molecule has 0 spiro atoms. The van der Waals surface area contributed by atoms with Crippen molar-refractivity contribution in [3.63, 3.8) is 0 Å². The van der Waals surface area contributed by atoms with E-state index in [1.54, 1.807) is 0 Å². The van der Waals surface area contributed by atoms with Crippen LogP contribution in [0.2, 0.25) is 0 Å². The highest BCUT2D eigenvalue weighted by Crippen LogP contribution is 2.35. The molecule has 1 saturated carbocycles. The Kier molecular flexibility index (Phi) is 4.96. The lowest BCUT2D eigenvalue weighted by molar-refractivity contribution is -0.127. The summed E-state index contributed by atoms with van der Waals surface area (Å²) in [7, 11) is 0. The van der Waals surface area contributed by atoms with Gasteiger partial charge < -0.3 is 20.5 Å². The smallest absolute Gasteiger partial charge is 0.240 e. The molecule has 1 aromatic carbocycles. The summed E-state index contributed by atoms with van der Waals surface area (Å²) in [6.07, 6.45) is 4.77. The zero-order chi connectivity index (χ0) is 14.0. The van der Waals surface area contributed by atoms with Crippen LogP contribution in [0.3, 0.4) is 0 Å². The maximum Gasteiger partial charge on any atom is 0.240 e. The number of ether oxygens (including phenoxy) is 2. The Morgan fingerprint density at radius 2 is 2.00 bits per heavy atom. The molecule has 1 aliphatic carbocycles. The van der Waals surface area contributed by atoms with Crippen molar-refractivity contribution in [2.24, 2.45) is 5.73 Å². The predicted octanol–water partition coefficient (Wildman–Crippen LogP) is 2.11. The number of nitrogens with two attached hydrogens (primary N) is 1. The largest absolute Gasteiger partial charge is 0.454 e. The third-order valence-corrected chi connectivity index (χ3v) is 4.12. The molecule has 0 saturated heterocycles. The van der Waals surface area contributed by atoms with Crippen molar-refractivity contribution < 1.29 is 14.3 Å². The maximum absolute atomic E-state index is 12.3. The van der Waals surface area contributed by atoms with Crippen molar-refractivity contribution >= 4 is 18.3 Å². The van der Waals surface area contributed by atoms with Gasteiger partial charge in [0.1, 0.15) is 0 Å². The minimum absolute atomic E-state index is 0. The van der Waals surface area contributed by atoms with Gasteiger partial charge in [-0.15, -0.1) is 12.4 Å². The molecule has 0 unspecified atom stereocenters. The number of rotatable bonds is 3. The fourth-order valence-electron chi connectivity index (χ4n) is 2.89. The van der Waals surface area contributed by atoms with Crippen LogP contribution in [0, 0.1) is 0 Å². The lowest BCUT2D eigenvalue weighted by atomic mass is 9.82. The molecule has 0 aromatic heterocycles. The van der Waals surface area contributed by atoms with Gasteiger partial charge in [-0.3, -0.25) is 4.79 Å². The number of halogens is 1. The summed E-state index contributed by atoms with van der Waals surface area (Å²) >= 11 is 0. The number of amides is 1. The van der Waals surface area contributed by atoms with Gasteiger partial charge in [0.2, 0.25) is 12.7 Å². The zero-order valence-electron chi connectivity index (χ0n) is 11.9. The lowest BCUT2D eigenvalue weighted by Gasteiger charge is -2.31. The summed E-state index contributed by atoms with van der Waals surface area (Å²) in [5.74, 6) is 1.40. The molecule has 0 radical (unpaired) electrons. The first-order valence-electron chi connectivity index (χ1n) is 7.14. The van der Waals surface area contributed by atoms with Gasteiger partial charge in [-0.2, -0.15) is 0 Å². The second-order valence-electron chi connectivity index (χ2n) is 5.55. The van der Waals surface area contributed by atoms with Crippen molar-refractivity contribution in [3.05, 3.63) is 23.8 Å². The molecular formula is C15H21ClN2O3. The Balaban J connectivity index is 0.00000161. The average molecular weight is 313 g/mol. The average Bonchev–Trinajstić information content (AvgIpc) is 2.94. The van der Waals surface area contributed by atoms with Gasteiger partial charge in [-0.1, -0.05) is 31.4 Å². The topological polar surface area (TPSA) is 73.6 Å². The van der Waals surface area contributed by atoms with Crippen LogP contribution in [0.15, 0.2) is 18.2 Å². The van der Waals surface area contributed by atoms with Crippen LogP contribution < -0.4 is 20.5 Å². The van der Waals surface area contributed by atoms with Gasteiger partial charge in [0.25, 0.3) is 0 Å². The molecule has 6 heteroatoms. The normalized spacial score (nSPS) is 18.7. The zero-order valence-corrected chi connectivity index (χ0v) is 12.7. The minimum Gasteiger partial charge on any atom is -0.454 e. The number of hydrogen-bond acceptors (Lipinski definition) is 4. The number of nitrogens with one attached hydrogen (secondary N) is 1. The molecule has 1 aliphatic heterocycles. The third-order valence-electron chi connectivity index (χ3n) is 4.12. The standard InChI is InChI=1S/C15H20N2O3.ClH/c16-15(7-2-1-3-8-15)14(18)17-9-11-5-4-6-12-13(11)20-10-19-12;/h4-6H,1-3,7-10,16H2,(H,17,18);1H. The van der Waals surface area contributed by atoms with Crippen LogP contribution in [-0.4, -0.2) is 18.2 Å². The first kappa shape index (κ1) is 15.9. The molecule has 3 N–H and O–H groups in total. The summed E-state index contributed by atoms with van der Waals surface area (Å²) in [4.78, 5) is 12.3. The molecule has 1 fully saturated rings. The van der Waals surface area contributed by atoms with Crippen molar-refractivity contribution in [1.29, 1.82) is 0 Å². The fraction of sp³-hybridized carbons (Fsp3) is 0.533. The number of carbonyl (C=O) groups excluding carboxylic acids is 1. The minimum atomic E-state index is -0.701. The van der Waals surface area contributed by atoms with Gasteiger partial charge in [0.15, 0.2) is 11.5 Å². The summed E-state index contributed by atoms with van der Waals surface area (Å²) < 4.78 is 10.8. The highest BCUT2D eigenvalue weighted by atomic mass is 35.5. The number of carbonyl (C=O) groups is 1. The van der Waals surface area contributed by atoms with Crippen LogP contribution in [0.5, 0.6) is 11.5 Å². The first-order valence-corrected chi connectivity index (χ1v) is 7.14. The Morgan fingerprint density at radius 3 is 2.76 bits per heavy atom. The number of benzene rings is 1. The van der Waals surface area contributed by atoms with E-state index in [-0.39, 0.29) is 25.1 Å². The van der Waals surface area contributed by atoms with E-state index in [1.165, 1.54) is 6.42 Å². The van der Waals surface area contributed by atoms with Crippen molar-refractivity contribution in [2.75, 3.05) is 6.79 Å². The van der Waals surface area contributed by atoms with E-state index in [9.17, 15) is 4.79 Å². The molecule has 2 aliphatic rings. The molecule has 1 heterocycles. The summed E-state index contributed by atoms with van der Waals surface area (Å²) in [5, 5.41) is 2.94. The SMILES string of the molecule is Cl.NC1(C(=O)NCc2cccc3c2OCO3)CCCCC1. The van der Waals surface area contributed by atoms with E-state index >= 15 is 0 Å². The van der Waals surface area contributed by atoms with Gasteiger partial charge >= 0.3 is 0 Å².